The first kappa shape index (κ1) is 23.1. The highest BCUT2D eigenvalue weighted by Crippen LogP contribution is 2.30. The van der Waals surface area contributed by atoms with Crippen LogP contribution in [0.1, 0.15) is 22.6 Å². The zero-order valence-electron chi connectivity index (χ0n) is 19.3. The van der Waals surface area contributed by atoms with E-state index < -0.39 is 0 Å². The second-order valence-electron chi connectivity index (χ2n) is 8.28. The molecule has 0 aliphatic carbocycles. The van der Waals surface area contributed by atoms with Crippen molar-refractivity contribution in [1.82, 2.24) is 24.5 Å². The number of benzene rings is 1. The molecule has 0 bridgehead atoms. The lowest BCUT2D eigenvalue weighted by Gasteiger charge is -2.08. The van der Waals surface area contributed by atoms with Crippen LogP contribution in [0.15, 0.2) is 53.3 Å². The molecule has 0 atom stereocenters. The van der Waals surface area contributed by atoms with Gasteiger partial charge in [0.2, 0.25) is 5.91 Å². The summed E-state index contributed by atoms with van der Waals surface area (Å²) >= 11 is 12.2. The van der Waals surface area contributed by atoms with E-state index in [0.717, 1.165) is 39.4 Å². The molecule has 5 aromatic rings. The molecule has 35 heavy (non-hydrogen) atoms. The fourth-order valence-electron chi connectivity index (χ4n) is 4.19. The molecule has 1 amide bonds. The predicted octanol–water partition coefficient (Wildman–Crippen LogP) is 5.81. The van der Waals surface area contributed by atoms with Crippen molar-refractivity contribution in [3.63, 3.8) is 0 Å². The fourth-order valence-corrected chi connectivity index (χ4v) is 4.51. The van der Waals surface area contributed by atoms with Gasteiger partial charge in [0.05, 0.1) is 51.0 Å². The van der Waals surface area contributed by atoms with Crippen LogP contribution in [0, 0.1) is 20.8 Å². The largest absolute Gasteiger partial charge is 0.464 e. The standard InChI is InChI=1S/C25H22Cl2N6O2/c1-14-23-18(21-5-4-10-35-21)8-9-28-25(23)33(30-14)13-22(34)29-24-15(2)31-32(16(24)3)12-17-6-7-19(26)20(27)11-17/h4-11H,12-13H2,1-3H3,(H,29,34). The first-order valence-corrected chi connectivity index (χ1v) is 11.7. The van der Waals surface area contributed by atoms with Gasteiger partial charge in [-0.25, -0.2) is 9.67 Å². The molecule has 178 valence electrons. The topological polar surface area (TPSA) is 90.8 Å². The van der Waals surface area contributed by atoms with E-state index >= 15 is 0 Å². The Balaban J connectivity index is 1.37. The van der Waals surface area contributed by atoms with Gasteiger partial charge in [0.25, 0.3) is 0 Å². The molecular weight excluding hydrogens is 487 g/mol. The van der Waals surface area contributed by atoms with Crippen molar-refractivity contribution in [3.8, 4) is 11.3 Å². The van der Waals surface area contributed by atoms with E-state index in [1.807, 2.05) is 55.8 Å². The monoisotopic (exact) mass is 508 g/mol. The molecule has 0 saturated carbocycles. The van der Waals surface area contributed by atoms with E-state index in [1.165, 1.54) is 0 Å². The minimum Gasteiger partial charge on any atom is -0.464 e. The molecule has 0 radical (unpaired) electrons. The van der Waals surface area contributed by atoms with Crippen LogP contribution in [0.3, 0.4) is 0 Å². The Hall–Kier alpha value is -3.62. The maximum atomic E-state index is 13.0. The lowest BCUT2D eigenvalue weighted by molar-refractivity contribution is -0.116. The molecule has 0 unspecified atom stereocenters. The van der Waals surface area contributed by atoms with Crippen LogP contribution in [0.25, 0.3) is 22.4 Å². The molecule has 0 spiro atoms. The fraction of sp³-hybridized carbons (Fsp3) is 0.200. The minimum atomic E-state index is -0.222. The van der Waals surface area contributed by atoms with E-state index in [2.05, 4.69) is 20.5 Å². The number of pyridine rings is 1. The molecule has 4 aromatic heterocycles. The number of fused-ring (bicyclic) bond motifs is 1. The van der Waals surface area contributed by atoms with Gasteiger partial charge in [-0.15, -0.1) is 0 Å². The second kappa shape index (κ2) is 9.20. The van der Waals surface area contributed by atoms with Crippen molar-refractivity contribution in [3.05, 3.63) is 81.5 Å². The number of aryl methyl sites for hydroxylation is 2. The van der Waals surface area contributed by atoms with Crippen molar-refractivity contribution < 1.29 is 9.21 Å². The summed E-state index contributed by atoms with van der Waals surface area (Å²) in [5.74, 6) is 0.505. The predicted molar refractivity (Wildman–Crippen MR) is 136 cm³/mol. The summed E-state index contributed by atoms with van der Waals surface area (Å²) in [5.41, 5.74) is 5.47. The van der Waals surface area contributed by atoms with Gasteiger partial charge in [-0.05, 0) is 56.7 Å². The molecule has 0 aliphatic rings. The lowest BCUT2D eigenvalue weighted by Crippen LogP contribution is -2.20. The third-order valence-corrected chi connectivity index (χ3v) is 6.59. The average molecular weight is 509 g/mol. The van der Waals surface area contributed by atoms with E-state index in [-0.39, 0.29) is 12.5 Å². The van der Waals surface area contributed by atoms with Crippen LogP contribution in [0.5, 0.6) is 0 Å². The molecule has 1 aromatic carbocycles. The number of furan rings is 1. The summed E-state index contributed by atoms with van der Waals surface area (Å²) < 4.78 is 9.01. The van der Waals surface area contributed by atoms with Gasteiger partial charge in [0, 0.05) is 11.8 Å². The number of carbonyl (C=O) groups excluding carboxylic acids is 1. The minimum absolute atomic E-state index is 0.00972. The number of aromatic nitrogens is 5. The Bertz CT molecular complexity index is 1550. The van der Waals surface area contributed by atoms with Gasteiger partial charge < -0.3 is 9.73 Å². The third kappa shape index (κ3) is 4.42. The van der Waals surface area contributed by atoms with Gasteiger partial charge in [-0.3, -0.25) is 9.48 Å². The quantitative estimate of drug-likeness (QED) is 0.312. The van der Waals surface area contributed by atoms with Crippen LogP contribution in [0.4, 0.5) is 5.69 Å². The number of carbonyl (C=O) groups is 1. The summed E-state index contributed by atoms with van der Waals surface area (Å²) in [4.78, 5) is 17.5. The van der Waals surface area contributed by atoms with Crippen molar-refractivity contribution in [2.24, 2.45) is 0 Å². The molecule has 4 heterocycles. The molecular formula is C25H22Cl2N6O2. The van der Waals surface area contributed by atoms with Crippen molar-refractivity contribution in [2.75, 3.05) is 5.32 Å². The summed E-state index contributed by atoms with van der Waals surface area (Å²) in [7, 11) is 0. The number of halogens is 2. The van der Waals surface area contributed by atoms with E-state index in [0.29, 0.717) is 27.9 Å². The van der Waals surface area contributed by atoms with Crippen LogP contribution >= 0.6 is 23.2 Å². The Labute approximate surface area is 211 Å². The van der Waals surface area contributed by atoms with Gasteiger partial charge in [-0.1, -0.05) is 29.3 Å². The SMILES string of the molecule is Cc1nn(Cc2ccc(Cl)c(Cl)c2)c(C)c1NC(=O)Cn1nc(C)c2c(-c3ccco3)ccnc21. The van der Waals surface area contributed by atoms with Crippen molar-refractivity contribution >= 4 is 45.8 Å². The van der Waals surface area contributed by atoms with Crippen LogP contribution in [-0.2, 0) is 17.9 Å². The highest BCUT2D eigenvalue weighted by molar-refractivity contribution is 6.42. The third-order valence-electron chi connectivity index (χ3n) is 5.85. The molecule has 5 rings (SSSR count). The Morgan fingerprint density at radius 2 is 1.83 bits per heavy atom. The maximum Gasteiger partial charge on any atom is 0.246 e. The number of nitrogens with one attached hydrogen (secondary N) is 1. The first-order valence-electron chi connectivity index (χ1n) is 11.0. The van der Waals surface area contributed by atoms with Crippen molar-refractivity contribution in [2.45, 2.75) is 33.9 Å². The normalized spacial score (nSPS) is 11.3. The van der Waals surface area contributed by atoms with Crippen molar-refractivity contribution in [1.29, 1.82) is 0 Å². The Kier molecular flexibility index (Phi) is 6.08. The molecule has 10 heteroatoms. The molecule has 0 saturated heterocycles. The number of hydrogen-bond acceptors (Lipinski definition) is 5. The van der Waals surface area contributed by atoms with Gasteiger partial charge in [-0.2, -0.15) is 10.2 Å². The first-order chi connectivity index (χ1) is 16.8. The summed E-state index contributed by atoms with van der Waals surface area (Å²) in [6.45, 7) is 6.18. The number of hydrogen-bond donors (Lipinski definition) is 1. The maximum absolute atomic E-state index is 13.0. The van der Waals surface area contributed by atoms with Crippen LogP contribution < -0.4 is 5.32 Å². The number of anilines is 1. The number of amides is 1. The zero-order valence-corrected chi connectivity index (χ0v) is 20.9. The van der Waals surface area contributed by atoms with E-state index in [4.69, 9.17) is 27.6 Å². The Morgan fingerprint density at radius 1 is 1.03 bits per heavy atom. The molecule has 8 nitrogen and oxygen atoms in total. The smallest absolute Gasteiger partial charge is 0.246 e. The van der Waals surface area contributed by atoms with Crippen LogP contribution in [-0.4, -0.2) is 30.5 Å². The highest BCUT2D eigenvalue weighted by atomic mass is 35.5. The zero-order chi connectivity index (χ0) is 24.7. The molecule has 0 aliphatic heterocycles. The van der Waals surface area contributed by atoms with Gasteiger partial charge >= 0.3 is 0 Å². The lowest BCUT2D eigenvalue weighted by atomic mass is 10.1. The number of rotatable bonds is 6. The van der Waals surface area contributed by atoms with Crippen LogP contribution in [0.2, 0.25) is 10.0 Å². The number of nitrogens with zero attached hydrogens (tertiary/aromatic N) is 5. The van der Waals surface area contributed by atoms with Gasteiger partial charge in [0.1, 0.15) is 12.3 Å². The summed E-state index contributed by atoms with van der Waals surface area (Å²) in [5, 5.41) is 14.0. The average Bonchev–Trinajstić information content (AvgIpc) is 3.53. The second-order valence-corrected chi connectivity index (χ2v) is 9.09. The van der Waals surface area contributed by atoms with E-state index in [9.17, 15) is 4.79 Å². The van der Waals surface area contributed by atoms with Gasteiger partial charge in [0.15, 0.2) is 5.65 Å². The summed E-state index contributed by atoms with van der Waals surface area (Å²) in [6.07, 6.45) is 3.32. The van der Waals surface area contributed by atoms with E-state index in [1.54, 1.807) is 23.2 Å². The molecule has 1 N–H and O–H groups in total. The highest BCUT2D eigenvalue weighted by Gasteiger charge is 2.19. The summed E-state index contributed by atoms with van der Waals surface area (Å²) in [6, 6.07) is 11.1. The molecule has 0 fully saturated rings. The Morgan fingerprint density at radius 3 is 2.57 bits per heavy atom.